The number of rotatable bonds is 7. The fourth-order valence-electron chi connectivity index (χ4n) is 1.09. The molecule has 0 saturated carbocycles. The van der Waals surface area contributed by atoms with Gasteiger partial charge in [0.15, 0.2) is 0 Å². The van der Waals surface area contributed by atoms with Crippen LogP contribution >= 0.6 is 7.82 Å². The topological polar surface area (TPSA) is 168 Å². The minimum Gasteiger partial charge on any atom is -0.780 e. The summed E-state index contributed by atoms with van der Waals surface area (Å²) in [5.74, 6) is -0.578. The number of para-hydroxylation sites is 2. The van der Waals surface area contributed by atoms with E-state index >= 15 is 0 Å². The van der Waals surface area contributed by atoms with E-state index in [4.69, 9.17) is 10.2 Å². The van der Waals surface area contributed by atoms with Crippen LogP contribution in [0.3, 0.4) is 0 Å². The van der Waals surface area contributed by atoms with Gasteiger partial charge >= 0.3 is 5.69 Å². The first-order chi connectivity index (χ1) is 9.81. The second-order valence-electron chi connectivity index (χ2n) is 3.46. The van der Waals surface area contributed by atoms with Crippen LogP contribution in [0.25, 0.3) is 0 Å². The van der Waals surface area contributed by atoms with Gasteiger partial charge in [0.05, 0.1) is 18.1 Å². The number of nitrogens with zero attached hydrogens (tertiary/aromatic N) is 1. The molecular formula is C10H15N2O8P-2. The Morgan fingerprint density at radius 1 is 1.19 bits per heavy atom. The van der Waals surface area contributed by atoms with Crippen molar-refractivity contribution in [2.45, 2.75) is 0 Å². The zero-order chi connectivity index (χ0) is 16.3. The summed E-state index contributed by atoms with van der Waals surface area (Å²) in [6.45, 7) is 1.42. The van der Waals surface area contributed by atoms with Gasteiger partial charge in [0.1, 0.15) is 7.82 Å². The number of hydrogen-bond acceptors (Lipinski definition) is 9. The summed E-state index contributed by atoms with van der Waals surface area (Å²) in [4.78, 5) is 29.9. The van der Waals surface area contributed by atoms with Gasteiger partial charge < -0.3 is 34.4 Å². The van der Waals surface area contributed by atoms with Crippen LogP contribution in [-0.4, -0.2) is 41.4 Å². The molecule has 1 aromatic carbocycles. The summed E-state index contributed by atoms with van der Waals surface area (Å²) < 4.78 is 14.1. The molecule has 1 rings (SSSR count). The van der Waals surface area contributed by atoms with Gasteiger partial charge in [0.2, 0.25) is 5.75 Å². The number of aliphatic hydroxyl groups is 2. The molecule has 0 saturated heterocycles. The van der Waals surface area contributed by atoms with Crippen molar-refractivity contribution >= 4 is 13.5 Å². The Hall–Kier alpha value is -1.55. The lowest BCUT2D eigenvalue weighted by molar-refractivity contribution is -0.386. The first-order valence-corrected chi connectivity index (χ1v) is 7.15. The molecule has 0 aromatic heterocycles. The Balaban J connectivity index is 0.000000486. The van der Waals surface area contributed by atoms with Gasteiger partial charge in [-0.05, 0) is 6.07 Å². The highest BCUT2D eigenvalue weighted by Gasteiger charge is 2.14. The number of nitro benzene ring substituents is 1. The smallest absolute Gasteiger partial charge is 0.311 e. The molecule has 0 fully saturated rings. The highest BCUT2D eigenvalue weighted by atomic mass is 31.2. The third kappa shape index (κ3) is 9.91. The maximum absolute atomic E-state index is 10.3. The van der Waals surface area contributed by atoms with E-state index in [-0.39, 0.29) is 13.2 Å². The Morgan fingerprint density at radius 3 is 2.14 bits per heavy atom. The Morgan fingerprint density at radius 2 is 1.71 bits per heavy atom. The molecular weight excluding hydrogens is 307 g/mol. The highest BCUT2D eigenvalue weighted by molar-refractivity contribution is 7.43. The van der Waals surface area contributed by atoms with Crippen molar-refractivity contribution in [3.8, 4) is 5.75 Å². The summed E-state index contributed by atoms with van der Waals surface area (Å²) in [5, 5.41) is 29.4. The van der Waals surface area contributed by atoms with Crippen LogP contribution in [0.2, 0.25) is 0 Å². The van der Waals surface area contributed by atoms with Gasteiger partial charge in [-0.2, -0.15) is 0 Å². The van der Waals surface area contributed by atoms with E-state index in [1.54, 1.807) is 0 Å². The minimum absolute atomic E-state index is 0.139. The first kappa shape index (κ1) is 19.4. The zero-order valence-corrected chi connectivity index (χ0v) is 11.8. The normalized spacial score (nSPS) is 10.5. The first-order valence-electron chi connectivity index (χ1n) is 5.69. The van der Waals surface area contributed by atoms with Crippen LogP contribution in [0.5, 0.6) is 5.75 Å². The lowest BCUT2D eigenvalue weighted by Gasteiger charge is -2.28. The number of hydrogen-bond donors (Lipinski definition) is 3. The molecule has 0 atom stereocenters. The van der Waals surface area contributed by atoms with Gasteiger partial charge in [-0.25, -0.2) is 0 Å². The average molecular weight is 322 g/mol. The summed E-state index contributed by atoms with van der Waals surface area (Å²) in [5.41, 5.74) is -0.570. The zero-order valence-electron chi connectivity index (χ0n) is 10.9. The largest absolute Gasteiger partial charge is 0.780 e. The Kier molecular flexibility index (Phi) is 9.46. The molecule has 21 heavy (non-hydrogen) atoms. The van der Waals surface area contributed by atoms with E-state index < -0.39 is 24.2 Å². The van der Waals surface area contributed by atoms with Crippen molar-refractivity contribution in [3.63, 3.8) is 0 Å². The van der Waals surface area contributed by atoms with Crippen LogP contribution in [-0.2, 0) is 4.57 Å². The summed E-state index contributed by atoms with van der Waals surface area (Å²) in [7, 11) is -5.26. The van der Waals surface area contributed by atoms with E-state index in [1.165, 1.54) is 12.1 Å². The van der Waals surface area contributed by atoms with Gasteiger partial charge in [0, 0.05) is 19.2 Å². The van der Waals surface area contributed by atoms with Gasteiger partial charge in [-0.1, -0.05) is 12.1 Å². The van der Waals surface area contributed by atoms with E-state index in [9.17, 15) is 24.5 Å². The van der Waals surface area contributed by atoms with Crippen LogP contribution < -0.4 is 19.6 Å². The maximum atomic E-state index is 10.3. The Labute approximate surface area is 120 Å². The summed E-state index contributed by atoms with van der Waals surface area (Å²) in [6.07, 6.45) is 0. The molecule has 1 aromatic rings. The number of benzene rings is 1. The van der Waals surface area contributed by atoms with Gasteiger partial charge in [-0.15, -0.1) is 0 Å². The molecule has 0 aliphatic rings. The number of aliphatic hydroxyl groups excluding tert-OH is 2. The molecule has 0 heterocycles. The molecule has 0 aliphatic carbocycles. The second kappa shape index (κ2) is 10.2. The summed E-state index contributed by atoms with van der Waals surface area (Å²) >= 11 is 0. The molecule has 11 heteroatoms. The Bertz CT molecular complexity index is 474. The highest BCUT2D eigenvalue weighted by Crippen LogP contribution is 2.35. The predicted molar refractivity (Wildman–Crippen MR) is 68.4 cm³/mol. The molecule has 0 aliphatic heterocycles. The van der Waals surface area contributed by atoms with Gasteiger partial charge in [-0.3, -0.25) is 10.1 Å². The van der Waals surface area contributed by atoms with Crippen molar-refractivity contribution in [1.82, 2.24) is 5.32 Å². The minimum atomic E-state index is -5.26. The second-order valence-corrected chi connectivity index (χ2v) is 4.54. The standard InChI is InChI=1S/C6H6NO6P.C4H11NO2/c8-7(9)5-3-1-2-4-6(5)13-14(10,11)12;6-3-1-5-2-4-7/h1-4H,(H2,10,11,12);5-7H,1-4H2/p-2. The van der Waals surface area contributed by atoms with Crippen LogP contribution in [0.15, 0.2) is 24.3 Å². The monoisotopic (exact) mass is 322 g/mol. The number of phosphoric ester groups is 1. The number of nitrogens with one attached hydrogen (secondary N) is 1. The van der Waals surface area contributed by atoms with Crippen LogP contribution in [0.1, 0.15) is 0 Å². The fourth-order valence-corrected chi connectivity index (χ4v) is 1.48. The van der Waals surface area contributed by atoms with Crippen molar-refractivity contribution in [3.05, 3.63) is 34.4 Å². The van der Waals surface area contributed by atoms with E-state index in [2.05, 4.69) is 9.84 Å². The average Bonchev–Trinajstić information content (AvgIpc) is 2.38. The van der Waals surface area contributed by atoms with Crippen molar-refractivity contribution in [2.24, 2.45) is 0 Å². The van der Waals surface area contributed by atoms with Crippen molar-refractivity contribution < 1.29 is 34.0 Å². The molecule has 0 unspecified atom stereocenters. The third-order valence-electron chi connectivity index (χ3n) is 1.85. The lowest BCUT2D eigenvalue weighted by Crippen LogP contribution is -2.21. The van der Waals surface area contributed by atoms with Crippen LogP contribution in [0.4, 0.5) is 5.69 Å². The number of phosphoric acid groups is 1. The number of nitro groups is 1. The molecule has 0 spiro atoms. The third-order valence-corrected chi connectivity index (χ3v) is 2.27. The van der Waals surface area contributed by atoms with E-state index in [0.717, 1.165) is 12.1 Å². The molecule has 0 radical (unpaired) electrons. The van der Waals surface area contributed by atoms with Crippen molar-refractivity contribution in [1.29, 1.82) is 0 Å². The maximum Gasteiger partial charge on any atom is 0.311 e. The molecule has 10 nitrogen and oxygen atoms in total. The lowest BCUT2D eigenvalue weighted by atomic mass is 10.3. The quantitative estimate of drug-likeness (QED) is 0.231. The van der Waals surface area contributed by atoms with Crippen molar-refractivity contribution in [2.75, 3.05) is 26.3 Å². The van der Waals surface area contributed by atoms with Crippen LogP contribution in [0, 0.1) is 10.1 Å². The van der Waals surface area contributed by atoms with E-state index in [0.29, 0.717) is 13.1 Å². The molecule has 0 bridgehead atoms. The summed E-state index contributed by atoms with van der Waals surface area (Å²) in [6, 6.07) is 4.70. The van der Waals surface area contributed by atoms with E-state index in [1.807, 2.05) is 0 Å². The van der Waals surface area contributed by atoms with Gasteiger partial charge in [0.25, 0.3) is 0 Å². The molecule has 3 N–H and O–H groups in total. The fraction of sp³-hybridized carbons (Fsp3) is 0.400. The molecule has 0 amide bonds. The SMILES string of the molecule is O=[N+]([O-])c1ccccc1OP(=O)([O-])[O-].OCCNCCO. The molecule has 120 valence electrons. The predicted octanol–water partition coefficient (Wildman–Crippen LogP) is -1.64.